The van der Waals surface area contributed by atoms with E-state index in [0.29, 0.717) is 4.90 Å². The number of nitrogens with zero attached hydrogens (tertiary/aromatic N) is 2. The molecule has 0 spiro atoms. The van der Waals surface area contributed by atoms with Crippen molar-refractivity contribution in [2.75, 3.05) is 24.0 Å². The van der Waals surface area contributed by atoms with E-state index in [1.807, 2.05) is 0 Å². The average molecular weight is 801 g/mol. The Morgan fingerprint density at radius 3 is 1.83 bits per heavy atom. The number of phenols is 1. The van der Waals surface area contributed by atoms with E-state index in [2.05, 4.69) is 0 Å². The van der Waals surface area contributed by atoms with Gasteiger partial charge >= 0.3 is 12.4 Å². The minimum Gasteiger partial charge on any atom is -0.502 e. The van der Waals surface area contributed by atoms with Crippen molar-refractivity contribution in [2.45, 2.75) is 40.9 Å². The Balaban J connectivity index is 1.41. The van der Waals surface area contributed by atoms with Crippen LogP contribution in [0.1, 0.15) is 35.4 Å². The van der Waals surface area contributed by atoms with E-state index in [0.717, 1.165) is 24.3 Å². The second-order valence-electron chi connectivity index (χ2n) is 13.3. The number of hydrogen-bond acceptors (Lipinski definition) is 7. The summed E-state index contributed by atoms with van der Waals surface area (Å²) in [5, 5.41) is 10.7. The Morgan fingerprint density at radius 2 is 1.31 bits per heavy atom. The third-order valence-corrected chi connectivity index (χ3v) is 12.0. The third kappa shape index (κ3) is 5.27. The lowest BCUT2D eigenvalue weighted by Gasteiger charge is -2.50. The lowest BCUT2D eigenvalue weighted by atomic mass is 9.56. The van der Waals surface area contributed by atoms with E-state index >= 15 is 0 Å². The van der Waals surface area contributed by atoms with Gasteiger partial charge in [-0.1, -0.05) is 11.6 Å². The zero-order valence-electron chi connectivity index (χ0n) is 27.7. The molecule has 2 saturated heterocycles. The summed E-state index contributed by atoms with van der Waals surface area (Å²) in [5.41, 5.74) is -4.31. The molecule has 54 heavy (non-hydrogen) atoms. The van der Waals surface area contributed by atoms with Crippen molar-refractivity contribution in [3.63, 3.8) is 0 Å². The minimum absolute atomic E-state index is 0.0827. The molecule has 4 amide bonds. The molecular formula is C36H25Cl2F7N2O7. The molecule has 2 aliphatic carbocycles. The number of alkyl halides is 8. The van der Waals surface area contributed by atoms with Crippen LogP contribution in [0, 0.1) is 23.6 Å². The molecule has 1 N–H and O–H groups in total. The Bertz CT molecular complexity index is 2120. The van der Waals surface area contributed by atoms with Crippen LogP contribution in [-0.2, 0) is 31.5 Å². The number of carbonyl (C=O) groups is 4. The van der Waals surface area contributed by atoms with Crippen molar-refractivity contribution in [1.82, 2.24) is 0 Å². The molecule has 2 heterocycles. The molecule has 3 aromatic rings. The highest BCUT2D eigenvalue weighted by Gasteiger charge is 2.76. The molecule has 2 aliphatic heterocycles. The fourth-order valence-corrected chi connectivity index (χ4v) is 9.11. The number of benzene rings is 3. The summed E-state index contributed by atoms with van der Waals surface area (Å²) >= 11 is 14.6. The lowest BCUT2D eigenvalue weighted by Crippen LogP contribution is -2.60. The smallest absolute Gasteiger partial charge is 0.416 e. The molecule has 1 saturated carbocycles. The number of amides is 4. The van der Waals surface area contributed by atoms with E-state index < -0.39 is 104 Å². The van der Waals surface area contributed by atoms with Gasteiger partial charge in [-0.15, -0.1) is 23.2 Å². The number of ether oxygens (including phenoxy) is 2. The van der Waals surface area contributed by atoms with Crippen molar-refractivity contribution in [2.24, 2.45) is 17.8 Å². The van der Waals surface area contributed by atoms with Crippen molar-refractivity contribution < 1.29 is 64.5 Å². The number of fused-ring (bicyclic) bond motifs is 4. The summed E-state index contributed by atoms with van der Waals surface area (Å²) in [5.74, 6) is -11.4. The number of imide groups is 2. The highest BCUT2D eigenvalue weighted by atomic mass is 35.5. The fraction of sp³-hybridized carbons (Fsp3) is 0.333. The first kappa shape index (κ1) is 37.5. The second-order valence-corrected chi connectivity index (χ2v) is 14.5. The molecule has 0 radical (unpaired) electrons. The topological polar surface area (TPSA) is 113 Å². The molecule has 18 heteroatoms. The third-order valence-electron chi connectivity index (χ3n) is 10.6. The standard InChI is InChI=1S/C36H25Cl2F7N2O7/c1-53-24-9-15(10-25(54-2)28(24)48)27-21-7-8-22-26(30(50)46(29(22)49)20-12-16(35(40,41)42)11-17(13-20)36(43,44)45)23(21)14-33(37)31(51)47(32(52)34(27,33)38)19-5-3-18(39)4-6-19/h3-7,9-13,22-23,26-27,48H,8,14H2,1-2H3/t22-,23+,26-,27-,33+,34-/m0/s1. The first-order chi connectivity index (χ1) is 25.2. The van der Waals surface area contributed by atoms with Gasteiger partial charge in [0.15, 0.2) is 21.2 Å². The molecule has 7 rings (SSSR count). The van der Waals surface area contributed by atoms with Gasteiger partial charge in [-0.05, 0) is 78.9 Å². The number of aromatic hydroxyl groups is 1. The van der Waals surface area contributed by atoms with Crippen LogP contribution in [0.3, 0.4) is 0 Å². The summed E-state index contributed by atoms with van der Waals surface area (Å²) in [6.07, 6.45) is -9.97. The Morgan fingerprint density at radius 1 is 0.759 bits per heavy atom. The second kappa shape index (κ2) is 12.3. The number of hydrogen-bond donors (Lipinski definition) is 1. The molecule has 0 bridgehead atoms. The van der Waals surface area contributed by atoms with Gasteiger partial charge in [0.2, 0.25) is 17.6 Å². The Kier molecular flexibility index (Phi) is 8.57. The van der Waals surface area contributed by atoms with Crippen molar-refractivity contribution in [1.29, 1.82) is 0 Å². The van der Waals surface area contributed by atoms with Crippen LogP contribution < -0.4 is 19.3 Å². The van der Waals surface area contributed by atoms with E-state index in [-0.39, 0.29) is 57.8 Å². The highest BCUT2D eigenvalue weighted by Crippen LogP contribution is 2.66. The summed E-state index contributed by atoms with van der Waals surface area (Å²) in [6, 6.07) is 7.19. The fourth-order valence-electron chi connectivity index (χ4n) is 8.18. The SMILES string of the molecule is COc1cc([C@H]2C3=CC[C@@H]4C(=O)N(c5cc(C(F)(F)F)cc(C(F)(F)F)c5)C(=O)[C@@H]4[C@@H]3C[C@@]3(Cl)C(=O)N(c4ccc(F)cc4)C(=O)[C@@]23Cl)cc(OC)c1O. The van der Waals surface area contributed by atoms with Crippen molar-refractivity contribution in [3.05, 3.63) is 88.8 Å². The number of carbonyl (C=O) groups excluding carboxylic acids is 4. The van der Waals surface area contributed by atoms with Gasteiger partial charge in [-0.3, -0.25) is 19.2 Å². The predicted molar refractivity (Wildman–Crippen MR) is 177 cm³/mol. The van der Waals surface area contributed by atoms with Gasteiger partial charge in [0, 0.05) is 5.92 Å². The van der Waals surface area contributed by atoms with Gasteiger partial charge in [0.05, 0.1) is 48.6 Å². The van der Waals surface area contributed by atoms with Crippen LogP contribution in [0.5, 0.6) is 17.2 Å². The number of phenolic OH excluding ortho intramolecular Hbond substituents is 1. The monoisotopic (exact) mass is 800 g/mol. The average Bonchev–Trinajstić information content (AvgIpc) is 3.45. The molecule has 0 unspecified atom stereocenters. The zero-order valence-corrected chi connectivity index (χ0v) is 29.2. The maximum Gasteiger partial charge on any atom is 0.416 e. The minimum atomic E-state index is -5.29. The van der Waals surface area contributed by atoms with Crippen LogP contribution >= 0.6 is 23.2 Å². The summed E-state index contributed by atoms with van der Waals surface area (Å²) in [6.45, 7) is 0. The molecule has 3 fully saturated rings. The van der Waals surface area contributed by atoms with E-state index in [1.54, 1.807) is 0 Å². The van der Waals surface area contributed by atoms with Gasteiger partial charge < -0.3 is 14.6 Å². The first-order valence-corrected chi connectivity index (χ1v) is 16.8. The van der Waals surface area contributed by atoms with Crippen LogP contribution in [-0.4, -0.2) is 52.7 Å². The Hall–Kier alpha value is -4.83. The summed E-state index contributed by atoms with van der Waals surface area (Å²) < 4.78 is 107. The van der Waals surface area contributed by atoms with Crippen molar-refractivity contribution in [3.8, 4) is 17.2 Å². The molecule has 284 valence electrons. The molecular weight excluding hydrogens is 776 g/mol. The largest absolute Gasteiger partial charge is 0.502 e. The molecule has 6 atom stereocenters. The van der Waals surface area contributed by atoms with Crippen LogP contribution in [0.4, 0.5) is 42.1 Å². The summed E-state index contributed by atoms with van der Waals surface area (Å²) in [7, 11) is 2.43. The maximum atomic E-state index is 14.5. The van der Waals surface area contributed by atoms with E-state index in [9.17, 15) is 55.0 Å². The quantitative estimate of drug-likeness (QED) is 0.124. The van der Waals surface area contributed by atoms with Crippen molar-refractivity contribution >= 4 is 58.2 Å². The first-order valence-electron chi connectivity index (χ1n) is 16.0. The lowest BCUT2D eigenvalue weighted by molar-refractivity contribution is -0.143. The number of methoxy groups -OCH3 is 2. The van der Waals surface area contributed by atoms with E-state index in [4.69, 9.17) is 32.7 Å². The number of rotatable bonds is 5. The predicted octanol–water partition coefficient (Wildman–Crippen LogP) is 7.35. The molecule has 3 aromatic carbocycles. The number of halogens is 9. The van der Waals surface area contributed by atoms with Gasteiger partial charge in [0.1, 0.15) is 5.82 Å². The molecule has 4 aliphatic rings. The number of anilines is 2. The zero-order chi connectivity index (χ0) is 39.4. The highest BCUT2D eigenvalue weighted by molar-refractivity contribution is 6.58. The van der Waals surface area contributed by atoms with Crippen LogP contribution in [0.25, 0.3) is 0 Å². The van der Waals surface area contributed by atoms with Crippen LogP contribution in [0.15, 0.2) is 66.2 Å². The van der Waals surface area contributed by atoms with Crippen LogP contribution in [0.2, 0.25) is 0 Å². The summed E-state index contributed by atoms with van der Waals surface area (Å²) in [4.78, 5) is 53.3. The van der Waals surface area contributed by atoms with Gasteiger partial charge in [0.25, 0.3) is 11.8 Å². The normalized spacial score (nSPS) is 28.2. The van der Waals surface area contributed by atoms with E-state index in [1.165, 1.54) is 32.4 Å². The Labute approximate surface area is 310 Å². The van der Waals surface area contributed by atoms with Gasteiger partial charge in [-0.2, -0.15) is 26.3 Å². The molecule has 0 aromatic heterocycles. The molecule has 9 nitrogen and oxygen atoms in total. The maximum absolute atomic E-state index is 14.5. The van der Waals surface area contributed by atoms with Gasteiger partial charge in [-0.25, -0.2) is 14.2 Å². The number of allylic oxidation sites excluding steroid dienone is 2.